The van der Waals surface area contributed by atoms with Crippen molar-refractivity contribution in [3.63, 3.8) is 0 Å². The third-order valence-corrected chi connectivity index (χ3v) is 4.94. The monoisotopic (exact) mass is 344 g/mol. The second kappa shape index (κ2) is 7.53. The summed E-state index contributed by atoms with van der Waals surface area (Å²) in [6, 6.07) is 4.94. The highest BCUT2D eigenvalue weighted by atomic mass is 79.9. The van der Waals surface area contributed by atoms with Crippen LogP contribution in [0, 0.1) is 5.82 Å². The Morgan fingerprint density at radius 3 is 2.40 bits per heavy atom. The van der Waals surface area contributed by atoms with Crippen molar-refractivity contribution in [2.24, 2.45) is 5.73 Å². The zero-order chi connectivity index (χ0) is 15.3. The van der Waals surface area contributed by atoms with E-state index < -0.39 is 0 Å². The predicted octanol–water partition coefficient (Wildman–Crippen LogP) is 3.97. The summed E-state index contributed by atoms with van der Waals surface area (Å²) in [5, 5.41) is 0. The van der Waals surface area contributed by atoms with Crippen LogP contribution < -0.4 is 5.73 Å². The van der Waals surface area contributed by atoms with Crippen LogP contribution in [0.3, 0.4) is 0 Å². The molecule has 4 heteroatoms. The number of hydrogen-bond donors (Lipinski definition) is 1. The molecule has 0 amide bonds. The van der Waals surface area contributed by atoms with Crippen LogP contribution >= 0.6 is 15.9 Å². The smallest absolute Gasteiger partial charge is 0.126 e. The van der Waals surface area contributed by atoms with Crippen LogP contribution in [-0.4, -0.2) is 29.6 Å². The van der Waals surface area contributed by atoms with Gasteiger partial charge in [0.2, 0.25) is 0 Å². The van der Waals surface area contributed by atoms with Crippen LogP contribution in [0.15, 0.2) is 22.7 Å². The van der Waals surface area contributed by atoms with Gasteiger partial charge in [-0.2, -0.15) is 0 Å². The van der Waals surface area contributed by atoms with Gasteiger partial charge in [-0.1, -0.05) is 36.7 Å². The fourth-order valence-electron chi connectivity index (χ4n) is 2.82. The number of rotatable bonds is 7. The molecule has 2 nitrogen and oxygen atoms in total. The van der Waals surface area contributed by atoms with Crippen molar-refractivity contribution in [2.75, 3.05) is 13.1 Å². The van der Waals surface area contributed by atoms with Gasteiger partial charge in [-0.05, 0) is 56.6 Å². The van der Waals surface area contributed by atoms with E-state index in [1.54, 1.807) is 6.07 Å². The molecule has 0 bridgehead atoms. The van der Waals surface area contributed by atoms with Gasteiger partial charge >= 0.3 is 0 Å². The molecule has 0 aromatic heterocycles. The number of benzene rings is 1. The minimum atomic E-state index is -0.179. The van der Waals surface area contributed by atoms with E-state index in [1.165, 1.54) is 6.07 Å². The Bertz CT molecular complexity index is 434. The highest BCUT2D eigenvalue weighted by Gasteiger charge is 2.35. The van der Waals surface area contributed by atoms with Crippen molar-refractivity contribution in [1.82, 2.24) is 4.90 Å². The number of hydrogen-bond acceptors (Lipinski definition) is 2. The quantitative estimate of drug-likeness (QED) is 0.810. The van der Waals surface area contributed by atoms with Gasteiger partial charge in [0.1, 0.15) is 5.82 Å². The largest absolute Gasteiger partial charge is 0.326 e. The maximum absolute atomic E-state index is 13.9. The first-order valence-corrected chi connectivity index (χ1v) is 8.12. The summed E-state index contributed by atoms with van der Waals surface area (Å²) >= 11 is 3.39. The van der Waals surface area contributed by atoms with Crippen LogP contribution in [0.2, 0.25) is 0 Å². The van der Waals surface area contributed by atoms with Gasteiger partial charge in [0.25, 0.3) is 0 Å². The van der Waals surface area contributed by atoms with E-state index in [1.807, 2.05) is 6.07 Å². The molecule has 0 saturated heterocycles. The van der Waals surface area contributed by atoms with Crippen LogP contribution in [0.25, 0.3) is 0 Å². The summed E-state index contributed by atoms with van der Waals surface area (Å²) in [7, 11) is 0. The Morgan fingerprint density at radius 2 is 1.90 bits per heavy atom. The van der Waals surface area contributed by atoms with Crippen molar-refractivity contribution >= 4 is 15.9 Å². The van der Waals surface area contributed by atoms with E-state index in [9.17, 15) is 4.39 Å². The minimum absolute atomic E-state index is 0.101. The maximum atomic E-state index is 13.9. The molecule has 2 N–H and O–H groups in total. The van der Waals surface area contributed by atoms with Gasteiger partial charge < -0.3 is 5.73 Å². The van der Waals surface area contributed by atoms with Gasteiger partial charge in [0, 0.05) is 16.1 Å². The van der Waals surface area contributed by atoms with Crippen LogP contribution in [0.4, 0.5) is 4.39 Å². The highest BCUT2D eigenvalue weighted by Crippen LogP contribution is 2.26. The van der Waals surface area contributed by atoms with Crippen molar-refractivity contribution in [3.05, 3.63) is 34.1 Å². The van der Waals surface area contributed by atoms with E-state index in [0.717, 1.165) is 24.0 Å². The van der Waals surface area contributed by atoms with Crippen LogP contribution in [0.1, 0.15) is 39.7 Å². The molecule has 0 heterocycles. The average Bonchev–Trinajstić information content (AvgIpc) is 2.43. The van der Waals surface area contributed by atoms with E-state index >= 15 is 0 Å². The maximum Gasteiger partial charge on any atom is 0.126 e. The average molecular weight is 345 g/mol. The summed E-state index contributed by atoms with van der Waals surface area (Å²) in [4.78, 5) is 2.37. The lowest BCUT2D eigenvalue weighted by molar-refractivity contribution is 0.0842. The molecule has 0 spiro atoms. The highest BCUT2D eigenvalue weighted by molar-refractivity contribution is 9.10. The van der Waals surface area contributed by atoms with Crippen molar-refractivity contribution in [2.45, 2.75) is 52.1 Å². The molecule has 0 fully saturated rings. The van der Waals surface area contributed by atoms with E-state index in [0.29, 0.717) is 12.0 Å². The SMILES string of the molecule is CCN(CC)C(C)(CC)C(N)Cc1cc(Br)ccc1F. The van der Waals surface area contributed by atoms with E-state index in [2.05, 4.69) is 48.5 Å². The summed E-state index contributed by atoms with van der Waals surface area (Å²) in [6.45, 7) is 10.5. The molecule has 1 aromatic rings. The first kappa shape index (κ1) is 17.6. The van der Waals surface area contributed by atoms with Gasteiger partial charge in [0.05, 0.1) is 0 Å². The molecular weight excluding hydrogens is 319 g/mol. The molecule has 20 heavy (non-hydrogen) atoms. The second-order valence-corrected chi connectivity index (χ2v) is 6.35. The Balaban J connectivity index is 2.97. The molecule has 114 valence electrons. The zero-order valence-corrected chi connectivity index (χ0v) is 14.5. The number of nitrogens with zero attached hydrogens (tertiary/aromatic N) is 1. The molecule has 1 aromatic carbocycles. The van der Waals surface area contributed by atoms with E-state index in [-0.39, 0.29) is 17.4 Å². The Kier molecular flexibility index (Phi) is 6.62. The topological polar surface area (TPSA) is 29.3 Å². The Morgan fingerprint density at radius 1 is 1.30 bits per heavy atom. The summed E-state index contributed by atoms with van der Waals surface area (Å²) < 4.78 is 14.8. The lowest BCUT2D eigenvalue weighted by atomic mass is 9.84. The molecular formula is C16H26BrFN2. The summed E-state index contributed by atoms with van der Waals surface area (Å²) in [5.74, 6) is -0.179. The Labute approximate surface area is 130 Å². The van der Waals surface area contributed by atoms with Crippen LogP contribution in [0.5, 0.6) is 0 Å². The standard InChI is InChI=1S/C16H26BrFN2/c1-5-16(4,20(6-2)7-3)15(19)11-12-10-13(17)8-9-14(12)18/h8-10,15H,5-7,11,19H2,1-4H3. The molecule has 1 rings (SSSR count). The first-order valence-electron chi connectivity index (χ1n) is 7.33. The zero-order valence-electron chi connectivity index (χ0n) is 12.9. The second-order valence-electron chi connectivity index (χ2n) is 5.43. The summed E-state index contributed by atoms with van der Waals surface area (Å²) in [6.07, 6.45) is 1.50. The molecule has 2 unspecified atom stereocenters. The Hall–Kier alpha value is -0.450. The fourth-order valence-corrected chi connectivity index (χ4v) is 3.23. The van der Waals surface area contributed by atoms with Gasteiger partial charge in [-0.15, -0.1) is 0 Å². The third-order valence-electron chi connectivity index (χ3n) is 4.45. The van der Waals surface area contributed by atoms with Gasteiger partial charge in [-0.3, -0.25) is 4.90 Å². The normalized spacial score (nSPS) is 16.2. The summed E-state index contributed by atoms with van der Waals surface area (Å²) in [5.41, 5.74) is 7.01. The third kappa shape index (κ3) is 3.80. The lowest BCUT2D eigenvalue weighted by Crippen LogP contribution is -2.58. The molecule has 2 atom stereocenters. The minimum Gasteiger partial charge on any atom is -0.326 e. The number of likely N-dealkylation sites (N-methyl/N-ethyl adjacent to an activating group) is 1. The lowest BCUT2D eigenvalue weighted by Gasteiger charge is -2.44. The van der Waals surface area contributed by atoms with Gasteiger partial charge in [-0.25, -0.2) is 4.39 Å². The molecule has 0 saturated carbocycles. The molecule has 0 aliphatic carbocycles. The van der Waals surface area contributed by atoms with Crippen molar-refractivity contribution in [1.29, 1.82) is 0 Å². The number of nitrogens with two attached hydrogens (primary N) is 1. The number of halogens is 2. The molecule has 0 aliphatic rings. The first-order chi connectivity index (χ1) is 9.38. The van der Waals surface area contributed by atoms with Crippen molar-refractivity contribution < 1.29 is 4.39 Å². The van der Waals surface area contributed by atoms with E-state index in [4.69, 9.17) is 5.73 Å². The van der Waals surface area contributed by atoms with Crippen LogP contribution in [-0.2, 0) is 6.42 Å². The van der Waals surface area contributed by atoms with Gasteiger partial charge in [0.15, 0.2) is 0 Å². The molecule has 0 aliphatic heterocycles. The molecule has 0 radical (unpaired) electrons. The fraction of sp³-hybridized carbons (Fsp3) is 0.625. The van der Waals surface area contributed by atoms with Crippen molar-refractivity contribution in [3.8, 4) is 0 Å². The predicted molar refractivity (Wildman–Crippen MR) is 87.4 cm³/mol.